The molecule has 0 aromatic carbocycles. The molecular formula is C19H35IN4O2S. The Morgan fingerprint density at radius 3 is 2.59 bits per heavy atom. The smallest absolute Gasteiger partial charge is 0.261 e. The minimum Gasteiger partial charge on any atom is -0.378 e. The predicted octanol–water partition coefficient (Wildman–Crippen LogP) is 3.49. The van der Waals surface area contributed by atoms with Crippen LogP contribution in [0.2, 0.25) is 0 Å². The molecule has 0 saturated heterocycles. The number of aliphatic imine (C=N–C) groups is 1. The fourth-order valence-electron chi connectivity index (χ4n) is 2.46. The summed E-state index contributed by atoms with van der Waals surface area (Å²) >= 11 is 1.45. The third kappa shape index (κ3) is 11.5. The first-order chi connectivity index (χ1) is 12.6. The molecule has 3 N–H and O–H groups in total. The number of carbonyl (C=O) groups is 1. The lowest BCUT2D eigenvalue weighted by Crippen LogP contribution is -2.39. The number of amides is 1. The third-order valence-corrected chi connectivity index (χ3v) is 4.69. The number of thiophene rings is 1. The second-order valence-corrected chi connectivity index (χ2v) is 7.25. The lowest BCUT2D eigenvalue weighted by atomic mass is 10.0. The Morgan fingerprint density at radius 1 is 1.22 bits per heavy atom. The van der Waals surface area contributed by atoms with Crippen LogP contribution in [0, 0.1) is 5.92 Å². The van der Waals surface area contributed by atoms with E-state index in [4.69, 9.17) is 4.74 Å². The third-order valence-electron chi connectivity index (χ3n) is 3.83. The van der Waals surface area contributed by atoms with Gasteiger partial charge in [0.2, 0.25) is 0 Å². The SMILES string of the molecule is CCNC(=NCCCNC(=O)c1cccs1)NCCC(OCC)C(C)C.I. The first-order valence-corrected chi connectivity index (χ1v) is 10.4. The first kappa shape index (κ1) is 26.1. The summed E-state index contributed by atoms with van der Waals surface area (Å²) in [5.41, 5.74) is 0. The Labute approximate surface area is 185 Å². The number of rotatable bonds is 12. The maximum absolute atomic E-state index is 11.8. The van der Waals surface area contributed by atoms with Gasteiger partial charge in [0.05, 0.1) is 11.0 Å². The number of nitrogens with zero attached hydrogens (tertiary/aromatic N) is 1. The highest BCUT2D eigenvalue weighted by Crippen LogP contribution is 2.10. The van der Waals surface area contributed by atoms with Crippen molar-refractivity contribution < 1.29 is 9.53 Å². The zero-order chi connectivity index (χ0) is 19.2. The van der Waals surface area contributed by atoms with E-state index < -0.39 is 0 Å². The molecule has 0 aliphatic carbocycles. The molecule has 1 amide bonds. The summed E-state index contributed by atoms with van der Waals surface area (Å²) in [7, 11) is 0. The Hall–Kier alpha value is -0.870. The van der Waals surface area contributed by atoms with Gasteiger partial charge in [0.25, 0.3) is 5.91 Å². The second-order valence-electron chi connectivity index (χ2n) is 6.30. The average molecular weight is 510 g/mol. The van der Waals surface area contributed by atoms with Crippen LogP contribution < -0.4 is 16.0 Å². The van der Waals surface area contributed by atoms with Crippen LogP contribution in [0.1, 0.15) is 50.2 Å². The van der Waals surface area contributed by atoms with Crippen molar-refractivity contribution in [2.24, 2.45) is 10.9 Å². The number of ether oxygens (including phenoxy) is 1. The van der Waals surface area contributed by atoms with Crippen LogP contribution in [0.3, 0.4) is 0 Å². The number of guanidine groups is 1. The molecule has 0 fully saturated rings. The van der Waals surface area contributed by atoms with E-state index in [0.29, 0.717) is 19.0 Å². The Morgan fingerprint density at radius 2 is 2.00 bits per heavy atom. The minimum absolute atomic E-state index is 0. The number of nitrogens with one attached hydrogen (secondary N) is 3. The molecule has 0 radical (unpaired) electrons. The normalized spacial score (nSPS) is 12.4. The maximum Gasteiger partial charge on any atom is 0.261 e. The highest BCUT2D eigenvalue weighted by atomic mass is 127. The summed E-state index contributed by atoms with van der Waals surface area (Å²) in [4.78, 5) is 17.2. The van der Waals surface area contributed by atoms with Crippen LogP contribution >= 0.6 is 35.3 Å². The topological polar surface area (TPSA) is 74.8 Å². The van der Waals surface area contributed by atoms with Crippen molar-refractivity contribution in [3.8, 4) is 0 Å². The van der Waals surface area contributed by atoms with Gasteiger partial charge in [-0.3, -0.25) is 9.79 Å². The van der Waals surface area contributed by atoms with Gasteiger partial charge in [0.15, 0.2) is 5.96 Å². The molecule has 27 heavy (non-hydrogen) atoms. The number of carbonyl (C=O) groups excluding carboxylic acids is 1. The Kier molecular flexibility index (Phi) is 15.6. The van der Waals surface area contributed by atoms with Crippen LogP contribution in [0.25, 0.3) is 0 Å². The maximum atomic E-state index is 11.8. The molecule has 0 aliphatic rings. The Bertz CT molecular complexity index is 524. The number of hydrogen-bond acceptors (Lipinski definition) is 4. The minimum atomic E-state index is -0.00957. The molecule has 1 aromatic heterocycles. The zero-order valence-corrected chi connectivity index (χ0v) is 20.1. The summed E-state index contributed by atoms with van der Waals surface area (Å²) in [5, 5.41) is 11.4. The fraction of sp³-hybridized carbons (Fsp3) is 0.684. The molecule has 0 spiro atoms. The number of hydrogen-bond donors (Lipinski definition) is 3. The summed E-state index contributed by atoms with van der Waals surface area (Å²) in [6, 6.07) is 3.71. The Balaban J connectivity index is 0.00000676. The molecule has 1 heterocycles. The molecule has 0 aliphatic heterocycles. The van der Waals surface area contributed by atoms with E-state index >= 15 is 0 Å². The highest BCUT2D eigenvalue weighted by Gasteiger charge is 2.12. The van der Waals surface area contributed by atoms with Crippen LogP contribution in [-0.4, -0.2) is 50.8 Å². The standard InChI is InChI=1S/C19H34N4O2S.HI/c1-5-20-19(23-13-10-16(15(3)4)25-6-2)22-12-8-11-21-18(24)17-9-7-14-26-17;/h7,9,14-16H,5-6,8,10-13H2,1-4H3,(H,21,24)(H2,20,22,23);1H. The molecule has 0 bridgehead atoms. The van der Waals surface area contributed by atoms with Gasteiger partial charge in [-0.15, -0.1) is 35.3 Å². The van der Waals surface area contributed by atoms with Crippen molar-refractivity contribution in [1.82, 2.24) is 16.0 Å². The van der Waals surface area contributed by atoms with Crippen molar-refractivity contribution in [3.05, 3.63) is 22.4 Å². The fourth-order valence-corrected chi connectivity index (χ4v) is 3.10. The summed E-state index contributed by atoms with van der Waals surface area (Å²) < 4.78 is 5.77. The van der Waals surface area contributed by atoms with Gasteiger partial charge >= 0.3 is 0 Å². The van der Waals surface area contributed by atoms with Gasteiger partial charge in [0.1, 0.15) is 0 Å². The molecule has 8 heteroatoms. The van der Waals surface area contributed by atoms with Crippen molar-refractivity contribution in [3.63, 3.8) is 0 Å². The van der Waals surface area contributed by atoms with Crippen molar-refractivity contribution in [2.45, 2.75) is 46.6 Å². The van der Waals surface area contributed by atoms with Gasteiger partial charge < -0.3 is 20.7 Å². The lowest BCUT2D eigenvalue weighted by Gasteiger charge is -2.21. The van der Waals surface area contributed by atoms with Crippen molar-refractivity contribution in [2.75, 3.05) is 32.8 Å². The van der Waals surface area contributed by atoms with E-state index in [1.807, 2.05) is 24.4 Å². The van der Waals surface area contributed by atoms with Gasteiger partial charge in [-0.2, -0.15) is 0 Å². The van der Waals surface area contributed by atoms with Crippen LogP contribution in [0.4, 0.5) is 0 Å². The summed E-state index contributed by atoms with van der Waals surface area (Å²) in [5.74, 6) is 1.31. The van der Waals surface area contributed by atoms with Crippen LogP contribution in [0.5, 0.6) is 0 Å². The van der Waals surface area contributed by atoms with Crippen LogP contribution in [-0.2, 0) is 4.74 Å². The molecule has 6 nitrogen and oxygen atoms in total. The van der Waals surface area contributed by atoms with E-state index in [1.54, 1.807) is 0 Å². The molecule has 1 atom stereocenters. The van der Waals surface area contributed by atoms with Gasteiger partial charge in [-0.25, -0.2) is 0 Å². The average Bonchev–Trinajstić information content (AvgIpc) is 3.15. The monoisotopic (exact) mass is 510 g/mol. The zero-order valence-electron chi connectivity index (χ0n) is 16.9. The molecule has 0 saturated carbocycles. The van der Waals surface area contributed by atoms with Crippen molar-refractivity contribution in [1.29, 1.82) is 0 Å². The highest BCUT2D eigenvalue weighted by molar-refractivity contribution is 14.0. The van der Waals surface area contributed by atoms with Crippen molar-refractivity contribution >= 4 is 47.2 Å². The van der Waals surface area contributed by atoms with E-state index in [9.17, 15) is 4.79 Å². The van der Waals surface area contributed by atoms with E-state index in [0.717, 1.165) is 43.4 Å². The molecular weight excluding hydrogens is 475 g/mol. The van der Waals surface area contributed by atoms with Gasteiger partial charge in [-0.05, 0) is 44.1 Å². The molecule has 1 aromatic rings. The quantitative estimate of drug-likeness (QED) is 0.174. The van der Waals surface area contributed by atoms with E-state index in [-0.39, 0.29) is 36.0 Å². The van der Waals surface area contributed by atoms with Gasteiger partial charge in [-0.1, -0.05) is 19.9 Å². The molecule has 1 unspecified atom stereocenters. The van der Waals surface area contributed by atoms with Crippen LogP contribution in [0.15, 0.2) is 22.5 Å². The molecule has 156 valence electrons. The second kappa shape index (κ2) is 16.1. The predicted molar refractivity (Wildman–Crippen MR) is 126 cm³/mol. The van der Waals surface area contributed by atoms with E-state index in [1.165, 1.54) is 11.3 Å². The first-order valence-electron chi connectivity index (χ1n) is 9.53. The largest absolute Gasteiger partial charge is 0.378 e. The van der Waals surface area contributed by atoms with Gasteiger partial charge in [0, 0.05) is 32.8 Å². The molecule has 1 rings (SSSR count). The summed E-state index contributed by atoms with van der Waals surface area (Å²) in [6.45, 7) is 12.1. The summed E-state index contributed by atoms with van der Waals surface area (Å²) in [6.07, 6.45) is 2.02. The van der Waals surface area contributed by atoms with E-state index in [2.05, 4.69) is 41.7 Å². The number of halogens is 1. The lowest BCUT2D eigenvalue weighted by molar-refractivity contribution is 0.0258.